The molecule has 1 saturated heterocycles. The third-order valence-electron chi connectivity index (χ3n) is 5.41. The number of carbonyl (C=O) groups is 2. The minimum Gasteiger partial charge on any atom is -0.497 e. The lowest BCUT2D eigenvalue weighted by atomic mass is 10.1. The maximum absolute atomic E-state index is 12.4. The van der Waals surface area contributed by atoms with Crippen molar-refractivity contribution < 1.29 is 14.3 Å². The van der Waals surface area contributed by atoms with Gasteiger partial charge in [0.1, 0.15) is 11.1 Å². The second-order valence-corrected chi connectivity index (χ2v) is 8.65. The van der Waals surface area contributed by atoms with Gasteiger partial charge >= 0.3 is 0 Å². The van der Waals surface area contributed by atoms with Gasteiger partial charge in [0.15, 0.2) is 0 Å². The Hall–Kier alpha value is -3.58. The lowest BCUT2D eigenvalue weighted by Crippen LogP contribution is -2.30. The number of hydrogen-bond donors (Lipinski definition) is 1. The van der Waals surface area contributed by atoms with Gasteiger partial charge in [-0.05, 0) is 59.5 Å². The first-order valence-electron chi connectivity index (χ1n) is 10.7. The van der Waals surface area contributed by atoms with Gasteiger partial charge in [0, 0.05) is 12.1 Å². The topological polar surface area (TPSA) is 71.0 Å². The summed E-state index contributed by atoms with van der Waals surface area (Å²) in [5, 5.41) is 3.99. The first-order valence-corrected chi connectivity index (χ1v) is 11.7. The normalized spacial score (nSPS) is 15.7. The number of nitrogens with one attached hydrogen (secondary N) is 1. The highest BCUT2D eigenvalue weighted by Crippen LogP contribution is 2.38. The molecule has 33 heavy (non-hydrogen) atoms. The van der Waals surface area contributed by atoms with Gasteiger partial charge in [0.05, 0.1) is 19.1 Å². The summed E-state index contributed by atoms with van der Waals surface area (Å²) in [5.74, 6) is 1.09. The summed E-state index contributed by atoms with van der Waals surface area (Å²) in [5.41, 5.74) is 6.13. The van der Waals surface area contributed by atoms with Crippen LogP contribution >= 0.6 is 11.8 Å². The zero-order valence-corrected chi connectivity index (χ0v) is 19.1. The van der Waals surface area contributed by atoms with E-state index in [4.69, 9.17) is 4.74 Å². The third-order valence-corrected chi connectivity index (χ3v) is 6.66. The molecule has 6 nitrogen and oxygen atoms in total. The Kier molecular flexibility index (Phi) is 7.42. The summed E-state index contributed by atoms with van der Waals surface area (Å²) >= 11 is 1.62. The molecular weight excluding hydrogens is 434 g/mol. The lowest BCUT2D eigenvalue weighted by molar-refractivity contribution is -0.128. The largest absolute Gasteiger partial charge is 0.497 e. The number of nitrogens with zero attached hydrogens (tertiary/aromatic N) is 2. The molecule has 0 bridgehead atoms. The van der Waals surface area contributed by atoms with Crippen LogP contribution in [0, 0.1) is 0 Å². The molecule has 7 heteroatoms. The second-order valence-electron chi connectivity index (χ2n) is 7.58. The Morgan fingerprint density at radius 2 is 1.82 bits per heavy atom. The zero-order valence-electron chi connectivity index (χ0n) is 18.3. The van der Waals surface area contributed by atoms with E-state index in [1.807, 2.05) is 59.5 Å². The minimum atomic E-state index is -0.289. The van der Waals surface area contributed by atoms with E-state index in [0.29, 0.717) is 17.9 Å². The first kappa shape index (κ1) is 22.6. The predicted octanol–water partition coefficient (Wildman–Crippen LogP) is 4.28. The second kappa shape index (κ2) is 10.8. The van der Waals surface area contributed by atoms with Crippen molar-refractivity contribution in [3.8, 4) is 5.75 Å². The van der Waals surface area contributed by atoms with Gasteiger partial charge in [-0.25, -0.2) is 5.43 Å². The molecule has 0 spiro atoms. The fourth-order valence-corrected chi connectivity index (χ4v) is 4.80. The van der Waals surface area contributed by atoms with E-state index >= 15 is 0 Å². The van der Waals surface area contributed by atoms with Crippen LogP contribution in [0.25, 0.3) is 0 Å². The van der Waals surface area contributed by atoms with Gasteiger partial charge in [-0.2, -0.15) is 5.10 Å². The standard InChI is InChI=1S/C26H25N3O3S/c1-32-23-13-7-20(8-14-23)17-27-28-25(31)21-9-11-22(12-10-21)26-29(24(30)18-33-26)16-15-19-5-3-2-4-6-19/h2-14,17,26H,15-16,18H2,1H3,(H,28,31)/b27-17-/t26-/m1/s1. The summed E-state index contributed by atoms with van der Waals surface area (Å²) in [6.07, 6.45) is 2.40. The SMILES string of the molecule is COc1ccc(/C=N\NC(=O)c2ccc([C@H]3SCC(=O)N3CCc3ccccc3)cc2)cc1. The van der Waals surface area contributed by atoms with Crippen LogP contribution in [0.15, 0.2) is 84.0 Å². The maximum atomic E-state index is 12.4. The summed E-state index contributed by atoms with van der Waals surface area (Å²) < 4.78 is 5.13. The van der Waals surface area contributed by atoms with Crippen LogP contribution in [0.2, 0.25) is 0 Å². The van der Waals surface area contributed by atoms with Crippen LogP contribution in [0.4, 0.5) is 0 Å². The van der Waals surface area contributed by atoms with Gasteiger partial charge < -0.3 is 9.64 Å². The number of hydrazone groups is 1. The fraction of sp³-hybridized carbons (Fsp3) is 0.192. The molecule has 1 aliphatic rings. The fourth-order valence-electron chi connectivity index (χ4n) is 3.59. The molecular formula is C26H25N3O3S. The number of hydrogen-bond acceptors (Lipinski definition) is 5. The Labute approximate surface area is 197 Å². The predicted molar refractivity (Wildman–Crippen MR) is 132 cm³/mol. The van der Waals surface area contributed by atoms with Crippen LogP contribution in [0.5, 0.6) is 5.75 Å². The maximum Gasteiger partial charge on any atom is 0.271 e. The van der Waals surface area contributed by atoms with Crippen LogP contribution in [0.1, 0.15) is 32.4 Å². The van der Waals surface area contributed by atoms with Crippen molar-refractivity contribution in [2.24, 2.45) is 5.10 Å². The summed E-state index contributed by atoms with van der Waals surface area (Å²) in [6, 6.07) is 24.9. The Morgan fingerprint density at radius 1 is 1.09 bits per heavy atom. The number of thioether (sulfide) groups is 1. The molecule has 1 aliphatic heterocycles. The lowest BCUT2D eigenvalue weighted by Gasteiger charge is -2.24. The van der Waals surface area contributed by atoms with Crippen molar-refractivity contribution >= 4 is 29.8 Å². The van der Waals surface area contributed by atoms with Crippen molar-refractivity contribution in [3.05, 3.63) is 101 Å². The molecule has 1 N–H and O–H groups in total. The van der Waals surface area contributed by atoms with Gasteiger partial charge in [-0.15, -0.1) is 11.8 Å². The minimum absolute atomic E-state index is 0.0357. The van der Waals surface area contributed by atoms with Crippen LogP contribution in [0.3, 0.4) is 0 Å². The Balaban J connectivity index is 1.35. The molecule has 3 aromatic carbocycles. The molecule has 0 aromatic heterocycles. The Morgan fingerprint density at radius 3 is 2.52 bits per heavy atom. The molecule has 2 amide bonds. The average Bonchev–Trinajstić information content (AvgIpc) is 3.24. The molecule has 0 radical (unpaired) electrons. The molecule has 4 rings (SSSR count). The smallest absolute Gasteiger partial charge is 0.271 e. The number of amides is 2. The molecule has 0 saturated carbocycles. The van der Waals surface area contributed by atoms with E-state index < -0.39 is 0 Å². The van der Waals surface area contributed by atoms with E-state index in [2.05, 4.69) is 22.7 Å². The highest BCUT2D eigenvalue weighted by molar-refractivity contribution is 8.00. The van der Waals surface area contributed by atoms with Gasteiger partial charge in [-0.1, -0.05) is 42.5 Å². The molecule has 168 valence electrons. The molecule has 1 fully saturated rings. The van der Waals surface area contributed by atoms with E-state index in [1.54, 1.807) is 37.2 Å². The van der Waals surface area contributed by atoms with Crippen LogP contribution in [-0.4, -0.2) is 42.3 Å². The van der Waals surface area contributed by atoms with Gasteiger partial charge in [0.2, 0.25) is 5.91 Å². The highest BCUT2D eigenvalue weighted by atomic mass is 32.2. The molecule has 0 aliphatic carbocycles. The van der Waals surface area contributed by atoms with Crippen LogP contribution in [-0.2, 0) is 11.2 Å². The molecule has 1 atom stereocenters. The van der Waals surface area contributed by atoms with E-state index in [1.165, 1.54) is 5.56 Å². The van der Waals surface area contributed by atoms with Gasteiger partial charge in [-0.3, -0.25) is 9.59 Å². The summed E-state index contributed by atoms with van der Waals surface area (Å²) in [4.78, 5) is 26.8. The number of ether oxygens (including phenoxy) is 1. The van der Waals surface area contributed by atoms with Crippen molar-refractivity contribution in [1.82, 2.24) is 10.3 Å². The van der Waals surface area contributed by atoms with E-state index in [9.17, 15) is 9.59 Å². The highest BCUT2D eigenvalue weighted by Gasteiger charge is 2.32. The van der Waals surface area contributed by atoms with E-state index in [0.717, 1.165) is 23.3 Å². The monoisotopic (exact) mass is 459 g/mol. The molecule has 3 aromatic rings. The van der Waals surface area contributed by atoms with Crippen molar-refractivity contribution in [2.45, 2.75) is 11.8 Å². The number of rotatable bonds is 8. The molecule has 1 heterocycles. The average molecular weight is 460 g/mol. The quantitative estimate of drug-likeness (QED) is 0.403. The summed E-state index contributed by atoms with van der Waals surface area (Å²) in [6.45, 7) is 0.669. The first-order chi connectivity index (χ1) is 16.1. The number of carbonyl (C=O) groups excluding carboxylic acids is 2. The zero-order chi connectivity index (χ0) is 23.0. The third kappa shape index (κ3) is 5.81. The Bertz CT molecular complexity index is 1120. The van der Waals surface area contributed by atoms with Crippen molar-refractivity contribution in [2.75, 3.05) is 19.4 Å². The van der Waals surface area contributed by atoms with Gasteiger partial charge in [0.25, 0.3) is 5.91 Å². The van der Waals surface area contributed by atoms with Crippen LogP contribution < -0.4 is 10.2 Å². The number of methoxy groups -OCH3 is 1. The van der Waals surface area contributed by atoms with E-state index in [-0.39, 0.29) is 17.2 Å². The van der Waals surface area contributed by atoms with Crippen molar-refractivity contribution in [1.29, 1.82) is 0 Å². The van der Waals surface area contributed by atoms with Crippen molar-refractivity contribution in [3.63, 3.8) is 0 Å². The summed E-state index contributed by atoms with van der Waals surface area (Å²) in [7, 11) is 1.61. The number of benzene rings is 3. The molecule has 0 unspecified atom stereocenters.